The molecule has 0 atom stereocenters. The van der Waals surface area contributed by atoms with Gasteiger partial charge in [-0.05, 0) is 91.4 Å². The van der Waals surface area contributed by atoms with Crippen LogP contribution in [-0.2, 0) is 5.41 Å². The van der Waals surface area contributed by atoms with Crippen LogP contribution in [0.4, 0.5) is 0 Å². The van der Waals surface area contributed by atoms with Crippen LogP contribution in [-0.4, -0.2) is 32.2 Å². The van der Waals surface area contributed by atoms with Crippen LogP contribution in [0.25, 0.3) is 89.2 Å². The largest absolute Gasteiger partial charge is 0.457 e. The Balaban J connectivity index is 0.988. The van der Waals surface area contributed by atoms with E-state index in [1.165, 1.54) is 28.8 Å². The summed E-state index contributed by atoms with van der Waals surface area (Å²) in [6, 6.07) is 42.1. The molecule has 2 aliphatic rings. The van der Waals surface area contributed by atoms with Crippen molar-refractivity contribution in [3.63, 3.8) is 0 Å². The monoisotopic (exact) mass is 1100 g/mol. The second-order valence-electron chi connectivity index (χ2n) is 20.3. The van der Waals surface area contributed by atoms with E-state index in [4.69, 9.17) is 33.4 Å². The maximum absolute atomic E-state index is 11.0. The first kappa shape index (κ1) is 31.3. The minimum absolute atomic E-state index is 0.00872. The highest BCUT2D eigenvalue weighted by Crippen LogP contribution is 2.62. The summed E-state index contributed by atoms with van der Waals surface area (Å²) in [5, 5.41) is 0.834. The third-order valence-electron chi connectivity index (χ3n) is 16.2. The van der Waals surface area contributed by atoms with Crippen molar-refractivity contribution in [1.29, 1.82) is 0 Å². The van der Waals surface area contributed by atoms with E-state index < -0.39 is 163 Å². The molecule has 0 bridgehead atoms. The van der Waals surface area contributed by atoms with Crippen LogP contribution in [0.3, 0.4) is 0 Å². The molecule has 17 rings (SSSR count). The van der Waals surface area contributed by atoms with E-state index in [9.17, 15) is 13.7 Å². The molecular formula is C76H49N5OSi. The molecule has 0 saturated carbocycles. The number of hydrogen-bond acceptors (Lipinski definition) is 4. The first-order valence-electron chi connectivity index (χ1n) is 36.7. The Morgan fingerprint density at radius 2 is 0.867 bits per heavy atom. The van der Waals surface area contributed by atoms with E-state index in [1.807, 2.05) is 121 Å². The van der Waals surface area contributed by atoms with Gasteiger partial charge in [0.05, 0.1) is 54.9 Å². The molecule has 1 aliphatic carbocycles. The Hall–Kier alpha value is -10.7. The van der Waals surface area contributed by atoms with Gasteiger partial charge in [-0.2, -0.15) is 9.97 Å². The minimum atomic E-state index is -4.35. The lowest BCUT2D eigenvalue weighted by molar-refractivity contribution is 0.437. The van der Waals surface area contributed by atoms with E-state index in [0.717, 1.165) is 37.9 Å². The van der Waals surface area contributed by atoms with Gasteiger partial charge in [0.25, 0.3) is 0 Å². The molecule has 83 heavy (non-hydrogen) atoms. The summed E-state index contributed by atoms with van der Waals surface area (Å²) in [5.41, 5.74) is 3.41. The van der Waals surface area contributed by atoms with Crippen molar-refractivity contribution in [3.8, 4) is 57.0 Å². The van der Waals surface area contributed by atoms with Gasteiger partial charge in [0.2, 0.25) is 5.95 Å². The number of benzene rings is 12. The SMILES string of the molecule is [2H]c1c([2H])c(-c2nc(-c3cccc(-n4c5c([2H])c([2H])c([2H])c([2H])c5c5c([2H])c([2H])c([2H])c([2H])c54)c3)nc(-n3c4c([2H])c([2H])c([2H])c([2H])c4c4c([2H])c([2H])c([2H])c([2H])c43)n2)c([2H])c([Si](c2ccccc2)(c2ccccc2)c2ccc3c(c2)Oc2ccccc2C32c3ccccc3-c3ccccc32)c1[2H]. The van der Waals surface area contributed by atoms with Crippen LogP contribution in [0, 0.1) is 0 Å². The van der Waals surface area contributed by atoms with Crippen LogP contribution < -0.4 is 25.5 Å². The fourth-order valence-electron chi connectivity index (χ4n) is 12.8. The second-order valence-corrected chi connectivity index (χ2v) is 24.0. The van der Waals surface area contributed by atoms with Gasteiger partial charge in [0.1, 0.15) is 11.5 Å². The smallest absolute Gasteiger partial charge is 0.238 e. The summed E-state index contributed by atoms with van der Waals surface area (Å²) in [7, 11) is -4.35. The summed E-state index contributed by atoms with van der Waals surface area (Å²) >= 11 is 0. The summed E-state index contributed by atoms with van der Waals surface area (Å²) in [6.45, 7) is 0. The lowest BCUT2D eigenvalue weighted by Gasteiger charge is -2.41. The summed E-state index contributed by atoms with van der Waals surface area (Å²) in [4.78, 5) is 15.1. The standard InChI is InChI=1S/C76H49N5OSi/c1-3-26-53(27-4-1)83(54-28-5-2-6-29-54,56-45-46-66-72(49-56)82-71-44-20-15-39-65(71)76(66)63-37-13-7-31-57(63)58-32-8-14-38-64(58)76)55-30-22-24-51(48-55)74-77-73(78-75(79-74)81-69-42-18-11-35-61(69)62-36-12-19-43-70(62)81)50-23-21-25-52(47-50)80-67-40-16-9-33-59(67)60-34-10-17-41-68(60)80/h1-49H/i9D,10D,11D,12D,16D,17D,18D,19D,22D,24D,30D,33D,34D,35D,36D,40D,41D,42D,43D,48D. The van der Waals surface area contributed by atoms with Gasteiger partial charge in [-0.15, -0.1) is 0 Å². The van der Waals surface area contributed by atoms with Crippen molar-refractivity contribution in [3.05, 3.63) is 319 Å². The van der Waals surface area contributed by atoms with E-state index in [0.29, 0.717) is 27.1 Å². The van der Waals surface area contributed by atoms with Crippen molar-refractivity contribution in [2.75, 3.05) is 0 Å². The van der Waals surface area contributed by atoms with Crippen molar-refractivity contribution in [2.45, 2.75) is 5.41 Å². The topological polar surface area (TPSA) is 57.8 Å². The fourth-order valence-corrected chi connectivity index (χ4v) is 17.3. The Kier molecular flexibility index (Phi) is 6.94. The number of ether oxygens (including phenoxy) is 1. The van der Waals surface area contributed by atoms with E-state index >= 15 is 0 Å². The normalized spacial score (nSPS) is 16.4. The van der Waals surface area contributed by atoms with Crippen LogP contribution in [0.1, 0.15) is 49.7 Å². The highest BCUT2D eigenvalue weighted by molar-refractivity contribution is 7.20. The van der Waals surface area contributed by atoms with Crippen LogP contribution in [0.15, 0.2) is 297 Å². The van der Waals surface area contributed by atoms with Gasteiger partial charge in [-0.25, -0.2) is 4.98 Å². The maximum Gasteiger partial charge on any atom is 0.238 e. The summed E-state index contributed by atoms with van der Waals surface area (Å²) in [5.74, 6) is -0.379. The molecule has 7 heteroatoms. The molecule has 0 N–H and O–H groups in total. The quantitative estimate of drug-likeness (QED) is 0.112. The van der Waals surface area contributed by atoms with Gasteiger partial charge in [-0.1, -0.05) is 248 Å². The Labute approximate surface area is 508 Å². The molecule has 0 saturated heterocycles. The number of nitrogens with zero attached hydrogens (tertiary/aromatic N) is 5. The molecule has 4 heterocycles. The zero-order chi connectivity index (χ0) is 72.0. The third-order valence-corrected chi connectivity index (χ3v) is 20.7. The van der Waals surface area contributed by atoms with E-state index in [-0.39, 0.29) is 54.8 Å². The molecule has 0 radical (unpaired) electrons. The Morgan fingerprint density at radius 1 is 0.361 bits per heavy atom. The fraction of sp³-hybridized carbons (Fsp3) is 0.0132. The molecule has 12 aromatic carbocycles. The van der Waals surface area contributed by atoms with Crippen molar-refractivity contribution in [1.82, 2.24) is 24.1 Å². The average molecular weight is 1100 g/mol. The number of rotatable bonds is 8. The van der Waals surface area contributed by atoms with E-state index in [1.54, 1.807) is 0 Å². The Morgan fingerprint density at radius 3 is 1.47 bits per heavy atom. The van der Waals surface area contributed by atoms with Crippen LogP contribution in [0.5, 0.6) is 11.5 Å². The molecule has 6 nitrogen and oxygen atoms in total. The van der Waals surface area contributed by atoms with Gasteiger partial charge in [0.15, 0.2) is 19.7 Å². The zero-order valence-electron chi connectivity index (χ0n) is 63.4. The number of aromatic nitrogens is 5. The number of para-hydroxylation sites is 5. The zero-order valence-corrected chi connectivity index (χ0v) is 44.4. The van der Waals surface area contributed by atoms with Gasteiger partial charge in [-0.3, -0.25) is 4.57 Å². The molecule has 388 valence electrons. The van der Waals surface area contributed by atoms with Gasteiger partial charge in [0, 0.05) is 49.5 Å². The molecule has 1 spiro atoms. The molecule has 15 aromatic rings. The predicted octanol–water partition coefficient (Wildman–Crippen LogP) is 15.2. The maximum atomic E-state index is 11.0. The highest BCUT2D eigenvalue weighted by Gasteiger charge is 2.52. The summed E-state index contributed by atoms with van der Waals surface area (Å²) < 4.78 is 196. The predicted molar refractivity (Wildman–Crippen MR) is 340 cm³/mol. The third kappa shape index (κ3) is 6.86. The first-order chi connectivity index (χ1) is 49.5. The van der Waals surface area contributed by atoms with Crippen molar-refractivity contribution < 1.29 is 32.2 Å². The first-order valence-corrected chi connectivity index (χ1v) is 28.7. The van der Waals surface area contributed by atoms with Gasteiger partial charge < -0.3 is 9.30 Å². The lowest BCUT2D eigenvalue weighted by atomic mass is 9.66. The van der Waals surface area contributed by atoms with Gasteiger partial charge >= 0.3 is 0 Å². The molecular weight excluding hydrogens is 1030 g/mol. The summed E-state index contributed by atoms with van der Waals surface area (Å²) in [6.07, 6.45) is 0. The average Bonchev–Trinajstić information content (AvgIpc) is 1.64. The second kappa shape index (κ2) is 18.4. The minimum Gasteiger partial charge on any atom is -0.457 e. The van der Waals surface area contributed by atoms with Crippen LogP contribution in [0.2, 0.25) is 0 Å². The molecule has 1 aliphatic heterocycles. The van der Waals surface area contributed by atoms with Crippen LogP contribution >= 0.6 is 0 Å². The number of hydrogen-bond donors (Lipinski definition) is 0. The molecule has 0 amide bonds. The molecule has 0 unspecified atom stereocenters. The molecule has 0 fully saturated rings. The Bertz CT molecular complexity index is 6090. The van der Waals surface area contributed by atoms with Crippen molar-refractivity contribution in [2.24, 2.45) is 0 Å². The number of fused-ring (bicyclic) bond motifs is 15. The van der Waals surface area contributed by atoms with E-state index in [2.05, 4.69) is 30.3 Å². The molecule has 3 aromatic heterocycles. The highest BCUT2D eigenvalue weighted by atomic mass is 28.3. The lowest BCUT2D eigenvalue weighted by Crippen LogP contribution is -2.74. The van der Waals surface area contributed by atoms with Crippen molar-refractivity contribution >= 4 is 72.4 Å².